The van der Waals surface area contributed by atoms with Gasteiger partial charge < -0.3 is 9.72 Å². The molecule has 2 aromatic rings. The first-order chi connectivity index (χ1) is 12.7. The first-order valence-electron chi connectivity index (χ1n) is 8.40. The number of carbonyl (C=O) groups excluding carboxylic acids is 1. The van der Waals surface area contributed by atoms with Crippen LogP contribution in [-0.4, -0.2) is 33.3 Å². The van der Waals surface area contributed by atoms with Crippen molar-refractivity contribution in [3.05, 3.63) is 52.9 Å². The number of aromatic nitrogens is 1. The van der Waals surface area contributed by atoms with Crippen molar-refractivity contribution >= 4 is 38.8 Å². The molecule has 0 aliphatic carbocycles. The standard InChI is InChI=1S/C19H23ClN2O4S/c1-5-13(18(26-4)12(2)3)8-9-21-27(24,25)19-15-10-14(20)6-7-16(15)22-17(19)11-23/h5-7,10-12,21-22H,1,8-9H2,2-4H3/b18-13-. The van der Waals surface area contributed by atoms with Crippen molar-refractivity contribution in [3.8, 4) is 0 Å². The third kappa shape index (κ3) is 4.61. The van der Waals surface area contributed by atoms with E-state index in [-0.39, 0.29) is 23.1 Å². The number of ether oxygens (including phenoxy) is 1. The van der Waals surface area contributed by atoms with Crippen molar-refractivity contribution in [2.24, 2.45) is 5.92 Å². The van der Waals surface area contributed by atoms with E-state index in [0.29, 0.717) is 28.6 Å². The SMILES string of the molecule is C=C/C(CCNS(=O)(=O)c1c(C=O)[nH]c2ccc(Cl)cc12)=C(/OC)C(C)C. The molecule has 0 radical (unpaired) electrons. The lowest BCUT2D eigenvalue weighted by Crippen LogP contribution is -2.26. The van der Waals surface area contributed by atoms with Gasteiger partial charge in [0.25, 0.3) is 0 Å². The number of hydrogen-bond donors (Lipinski definition) is 2. The van der Waals surface area contributed by atoms with E-state index in [0.717, 1.165) is 11.3 Å². The summed E-state index contributed by atoms with van der Waals surface area (Å²) >= 11 is 5.99. The van der Waals surface area contributed by atoms with Crippen molar-refractivity contribution in [1.29, 1.82) is 0 Å². The van der Waals surface area contributed by atoms with Crippen LogP contribution in [0.2, 0.25) is 5.02 Å². The summed E-state index contributed by atoms with van der Waals surface area (Å²) in [5, 5.41) is 0.755. The highest BCUT2D eigenvalue weighted by molar-refractivity contribution is 7.89. The maximum atomic E-state index is 12.8. The molecule has 1 aromatic heterocycles. The molecule has 8 heteroatoms. The molecule has 0 spiro atoms. The average molecular weight is 411 g/mol. The fourth-order valence-corrected chi connectivity index (χ4v) is 4.52. The first kappa shape index (κ1) is 21.2. The number of H-pyrrole nitrogens is 1. The molecule has 27 heavy (non-hydrogen) atoms. The summed E-state index contributed by atoms with van der Waals surface area (Å²) in [5.41, 5.74) is 1.34. The minimum atomic E-state index is -3.93. The number of allylic oxidation sites excluding steroid dienone is 2. The predicted octanol–water partition coefficient (Wildman–Crippen LogP) is 4.04. The van der Waals surface area contributed by atoms with Crippen LogP contribution in [0.3, 0.4) is 0 Å². The van der Waals surface area contributed by atoms with Crippen LogP contribution in [-0.2, 0) is 14.8 Å². The van der Waals surface area contributed by atoms with Crippen LogP contribution in [0.25, 0.3) is 10.9 Å². The maximum Gasteiger partial charge on any atom is 0.243 e. The molecule has 1 aromatic carbocycles. The second-order valence-electron chi connectivity index (χ2n) is 6.28. The average Bonchev–Trinajstić information content (AvgIpc) is 2.99. The van der Waals surface area contributed by atoms with Crippen LogP contribution in [0, 0.1) is 5.92 Å². The Balaban J connectivity index is 2.32. The molecule has 0 saturated carbocycles. The number of hydrogen-bond acceptors (Lipinski definition) is 4. The minimum Gasteiger partial charge on any atom is -0.501 e. The number of halogens is 1. The number of aldehydes is 1. The van der Waals surface area contributed by atoms with Crippen molar-refractivity contribution in [2.45, 2.75) is 25.2 Å². The van der Waals surface area contributed by atoms with Gasteiger partial charge in [0, 0.05) is 28.4 Å². The van der Waals surface area contributed by atoms with Gasteiger partial charge in [-0.3, -0.25) is 4.79 Å². The first-order valence-corrected chi connectivity index (χ1v) is 10.3. The normalized spacial score (nSPS) is 12.9. The molecule has 0 amide bonds. The smallest absolute Gasteiger partial charge is 0.243 e. The van der Waals surface area contributed by atoms with E-state index in [4.69, 9.17) is 16.3 Å². The highest BCUT2D eigenvalue weighted by Crippen LogP contribution is 2.28. The molecule has 0 aliphatic rings. The van der Waals surface area contributed by atoms with Crippen LogP contribution in [0.1, 0.15) is 30.8 Å². The van der Waals surface area contributed by atoms with Gasteiger partial charge in [-0.2, -0.15) is 0 Å². The number of benzene rings is 1. The van der Waals surface area contributed by atoms with Crippen LogP contribution in [0.15, 0.2) is 47.1 Å². The molecule has 2 rings (SSSR count). The van der Waals surface area contributed by atoms with Gasteiger partial charge in [0.15, 0.2) is 6.29 Å². The molecular formula is C19H23ClN2O4S. The second kappa shape index (κ2) is 8.73. The van der Waals surface area contributed by atoms with E-state index in [2.05, 4.69) is 16.3 Å². The molecule has 1 heterocycles. The lowest BCUT2D eigenvalue weighted by atomic mass is 10.0. The van der Waals surface area contributed by atoms with Crippen molar-refractivity contribution < 1.29 is 17.9 Å². The summed E-state index contributed by atoms with van der Waals surface area (Å²) in [6.45, 7) is 7.88. The van der Waals surface area contributed by atoms with Crippen LogP contribution < -0.4 is 4.72 Å². The van der Waals surface area contributed by atoms with E-state index in [1.165, 1.54) is 6.07 Å². The molecule has 0 fully saturated rings. The molecule has 0 aliphatic heterocycles. The molecule has 0 unspecified atom stereocenters. The highest BCUT2D eigenvalue weighted by atomic mass is 35.5. The fraction of sp³-hybridized carbons (Fsp3) is 0.316. The summed E-state index contributed by atoms with van der Waals surface area (Å²) < 4.78 is 33.6. The Hall–Kier alpha value is -2.09. The molecule has 2 N–H and O–H groups in total. The third-order valence-electron chi connectivity index (χ3n) is 4.12. The third-order valence-corrected chi connectivity index (χ3v) is 5.92. The Morgan fingerprint density at radius 1 is 1.41 bits per heavy atom. The fourth-order valence-electron chi connectivity index (χ4n) is 2.99. The van der Waals surface area contributed by atoms with E-state index >= 15 is 0 Å². The van der Waals surface area contributed by atoms with Gasteiger partial charge in [0.05, 0.1) is 12.8 Å². The number of sulfonamides is 1. The predicted molar refractivity (Wildman–Crippen MR) is 108 cm³/mol. The largest absolute Gasteiger partial charge is 0.501 e. The van der Waals surface area contributed by atoms with Crippen LogP contribution in [0.4, 0.5) is 0 Å². The molecule has 0 saturated heterocycles. The molecule has 0 atom stereocenters. The molecule has 0 bridgehead atoms. The zero-order chi connectivity index (χ0) is 20.2. The Morgan fingerprint density at radius 2 is 2.11 bits per heavy atom. The molecule has 6 nitrogen and oxygen atoms in total. The van der Waals surface area contributed by atoms with Gasteiger partial charge in [-0.25, -0.2) is 13.1 Å². The summed E-state index contributed by atoms with van der Waals surface area (Å²) in [7, 11) is -2.35. The Morgan fingerprint density at radius 3 is 2.67 bits per heavy atom. The lowest BCUT2D eigenvalue weighted by Gasteiger charge is -2.15. The maximum absolute atomic E-state index is 12.8. The van der Waals surface area contributed by atoms with E-state index in [1.807, 2.05) is 13.8 Å². The van der Waals surface area contributed by atoms with Gasteiger partial charge in [-0.05, 0) is 30.2 Å². The summed E-state index contributed by atoms with van der Waals surface area (Å²) in [6, 6.07) is 4.78. The summed E-state index contributed by atoms with van der Waals surface area (Å²) in [5.74, 6) is 0.911. The van der Waals surface area contributed by atoms with Crippen molar-refractivity contribution in [3.63, 3.8) is 0 Å². The number of carbonyl (C=O) groups is 1. The highest BCUT2D eigenvalue weighted by Gasteiger charge is 2.24. The summed E-state index contributed by atoms with van der Waals surface area (Å²) in [6.07, 6.45) is 2.55. The number of nitrogens with one attached hydrogen (secondary N) is 2. The number of aromatic amines is 1. The van der Waals surface area contributed by atoms with Gasteiger partial charge in [0.2, 0.25) is 10.0 Å². The van der Waals surface area contributed by atoms with Gasteiger partial charge in [0.1, 0.15) is 10.7 Å². The zero-order valence-electron chi connectivity index (χ0n) is 15.5. The number of rotatable bonds is 9. The van der Waals surface area contributed by atoms with E-state index in [1.54, 1.807) is 25.3 Å². The van der Waals surface area contributed by atoms with Crippen LogP contribution >= 0.6 is 11.6 Å². The Bertz CT molecular complexity index is 991. The number of fused-ring (bicyclic) bond motifs is 1. The lowest BCUT2D eigenvalue weighted by molar-refractivity contribution is 0.111. The second-order valence-corrected chi connectivity index (χ2v) is 8.42. The quantitative estimate of drug-likeness (QED) is 0.371. The van der Waals surface area contributed by atoms with Crippen LogP contribution in [0.5, 0.6) is 0 Å². The monoisotopic (exact) mass is 410 g/mol. The van der Waals surface area contributed by atoms with Crippen molar-refractivity contribution in [2.75, 3.05) is 13.7 Å². The molecule has 146 valence electrons. The van der Waals surface area contributed by atoms with Gasteiger partial charge in [-0.1, -0.05) is 38.1 Å². The summed E-state index contributed by atoms with van der Waals surface area (Å²) in [4.78, 5) is 14.1. The Labute approximate surface area is 164 Å². The number of methoxy groups -OCH3 is 1. The van der Waals surface area contributed by atoms with Crippen molar-refractivity contribution in [1.82, 2.24) is 9.71 Å². The van der Waals surface area contributed by atoms with E-state index in [9.17, 15) is 13.2 Å². The zero-order valence-corrected chi connectivity index (χ0v) is 17.1. The van der Waals surface area contributed by atoms with Gasteiger partial charge >= 0.3 is 0 Å². The topological polar surface area (TPSA) is 88.3 Å². The minimum absolute atomic E-state index is 0.0148. The van der Waals surface area contributed by atoms with E-state index < -0.39 is 10.0 Å². The van der Waals surface area contributed by atoms with Gasteiger partial charge in [-0.15, -0.1) is 0 Å². The molecular weight excluding hydrogens is 388 g/mol. The Kier molecular flexibility index (Phi) is 6.86.